The molecule has 2 aromatic heterocycles. The quantitative estimate of drug-likeness (QED) is 0.669. The lowest BCUT2D eigenvalue weighted by Gasteiger charge is -2.32. The van der Waals surface area contributed by atoms with E-state index < -0.39 is 0 Å². The van der Waals surface area contributed by atoms with Crippen LogP contribution >= 0.6 is 11.6 Å². The molecule has 1 atom stereocenters. The number of amides is 1. The fraction of sp³-hybridized carbons (Fsp3) is 0.238. The zero-order chi connectivity index (χ0) is 19.3. The summed E-state index contributed by atoms with van der Waals surface area (Å²) in [5, 5.41) is 3.46. The first-order valence-corrected chi connectivity index (χ1v) is 9.63. The molecule has 4 rings (SSSR count). The third kappa shape index (κ3) is 4.12. The van der Waals surface area contributed by atoms with Crippen LogP contribution < -0.4 is 5.32 Å². The van der Waals surface area contributed by atoms with Crippen molar-refractivity contribution in [3.63, 3.8) is 0 Å². The van der Waals surface area contributed by atoms with Crippen molar-refractivity contribution < 1.29 is 4.79 Å². The second-order valence-corrected chi connectivity index (χ2v) is 7.09. The molecular weight excluding hydrogens is 374 g/mol. The van der Waals surface area contributed by atoms with Crippen LogP contribution in [0.1, 0.15) is 34.8 Å². The maximum absolute atomic E-state index is 12.9. The van der Waals surface area contributed by atoms with E-state index in [0.717, 1.165) is 24.2 Å². The van der Waals surface area contributed by atoms with Gasteiger partial charge in [-0.15, -0.1) is 0 Å². The molecule has 1 fully saturated rings. The number of nitrogens with zero attached hydrogens (tertiary/aromatic N) is 4. The van der Waals surface area contributed by atoms with Crippen molar-refractivity contribution in [2.75, 3.05) is 18.4 Å². The maximum Gasteiger partial charge on any atom is 0.257 e. The molecule has 1 amide bonds. The van der Waals surface area contributed by atoms with Gasteiger partial charge in [0.15, 0.2) is 0 Å². The van der Waals surface area contributed by atoms with E-state index >= 15 is 0 Å². The molecule has 6 nitrogen and oxygen atoms in total. The average molecular weight is 394 g/mol. The van der Waals surface area contributed by atoms with Crippen molar-refractivity contribution in [3.8, 4) is 0 Å². The standard InChI is InChI=1S/C21H20ClN5O/c22-19-17(9-4-11-23-19)20(28)27-13-5-6-15(14-27)18-10-12-24-21(26-18)25-16-7-2-1-3-8-16/h1-4,7-12,15H,5-6,13-14H2,(H,24,25,26)/t15-/m0/s1. The molecule has 0 saturated carbocycles. The van der Waals surface area contributed by atoms with Gasteiger partial charge in [-0.3, -0.25) is 4.79 Å². The summed E-state index contributed by atoms with van der Waals surface area (Å²) < 4.78 is 0. The second kappa shape index (κ2) is 8.35. The van der Waals surface area contributed by atoms with Crippen LogP contribution in [-0.2, 0) is 0 Å². The first-order chi connectivity index (χ1) is 13.7. The van der Waals surface area contributed by atoms with Crippen LogP contribution in [0, 0.1) is 0 Å². The SMILES string of the molecule is O=C(c1cccnc1Cl)N1CCC[C@H](c2ccnc(Nc3ccccc3)n2)C1. The molecule has 0 bridgehead atoms. The molecule has 0 aliphatic carbocycles. The van der Waals surface area contributed by atoms with Gasteiger partial charge >= 0.3 is 0 Å². The third-order valence-electron chi connectivity index (χ3n) is 4.82. The van der Waals surface area contributed by atoms with Gasteiger partial charge in [0.25, 0.3) is 5.91 Å². The van der Waals surface area contributed by atoms with E-state index in [2.05, 4.69) is 20.3 Å². The Morgan fingerprint density at radius 3 is 2.75 bits per heavy atom. The highest BCUT2D eigenvalue weighted by Gasteiger charge is 2.27. The number of hydrogen-bond donors (Lipinski definition) is 1. The van der Waals surface area contributed by atoms with Crippen LogP contribution in [0.2, 0.25) is 5.15 Å². The molecule has 3 heterocycles. The minimum atomic E-state index is -0.0838. The van der Waals surface area contributed by atoms with Crippen molar-refractivity contribution in [2.45, 2.75) is 18.8 Å². The Hall–Kier alpha value is -2.99. The number of hydrogen-bond acceptors (Lipinski definition) is 5. The first-order valence-electron chi connectivity index (χ1n) is 9.25. The average Bonchev–Trinajstić information content (AvgIpc) is 2.75. The normalized spacial score (nSPS) is 16.6. The van der Waals surface area contributed by atoms with Crippen molar-refractivity contribution in [1.29, 1.82) is 0 Å². The summed E-state index contributed by atoms with van der Waals surface area (Å²) >= 11 is 6.10. The molecule has 142 valence electrons. The Kier molecular flexibility index (Phi) is 5.48. The van der Waals surface area contributed by atoms with Gasteiger partial charge in [-0.05, 0) is 43.2 Å². The van der Waals surface area contributed by atoms with Crippen molar-refractivity contribution in [1.82, 2.24) is 19.9 Å². The van der Waals surface area contributed by atoms with Gasteiger partial charge in [-0.25, -0.2) is 15.0 Å². The number of nitrogens with one attached hydrogen (secondary N) is 1. The first kappa shape index (κ1) is 18.4. The number of piperidine rings is 1. The smallest absolute Gasteiger partial charge is 0.257 e. The van der Waals surface area contributed by atoms with Gasteiger partial charge in [-0.2, -0.15) is 0 Å². The van der Waals surface area contributed by atoms with Gasteiger partial charge in [0, 0.05) is 37.1 Å². The number of likely N-dealkylation sites (tertiary alicyclic amines) is 1. The van der Waals surface area contributed by atoms with Crippen LogP contribution in [0.4, 0.5) is 11.6 Å². The summed E-state index contributed by atoms with van der Waals surface area (Å²) in [4.78, 5) is 27.7. The highest BCUT2D eigenvalue weighted by Crippen LogP contribution is 2.28. The molecule has 1 aromatic carbocycles. The fourth-order valence-corrected chi connectivity index (χ4v) is 3.63. The number of rotatable bonds is 4. The number of carbonyl (C=O) groups is 1. The van der Waals surface area contributed by atoms with Crippen molar-refractivity contribution in [3.05, 3.63) is 77.3 Å². The van der Waals surface area contributed by atoms with Gasteiger partial charge < -0.3 is 10.2 Å². The molecule has 1 aliphatic heterocycles. The van der Waals surface area contributed by atoms with Crippen molar-refractivity contribution in [2.24, 2.45) is 0 Å². The lowest BCUT2D eigenvalue weighted by atomic mass is 9.94. The summed E-state index contributed by atoms with van der Waals surface area (Å²) in [6.07, 6.45) is 5.23. The van der Waals surface area contributed by atoms with Crippen molar-refractivity contribution >= 4 is 29.1 Å². The van der Waals surface area contributed by atoms with E-state index in [1.165, 1.54) is 0 Å². The fourth-order valence-electron chi connectivity index (χ4n) is 3.43. The summed E-state index contributed by atoms with van der Waals surface area (Å²) in [7, 11) is 0. The molecular formula is C21H20ClN5O. The van der Waals surface area contributed by atoms with Gasteiger partial charge in [0.2, 0.25) is 5.95 Å². The van der Waals surface area contributed by atoms with Gasteiger partial charge in [0.05, 0.1) is 11.3 Å². The largest absolute Gasteiger partial charge is 0.338 e. The molecule has 0 radical (unpaired) electrons. The lowest BCUT2D eigenvalue weighted by molar-refractivity contribution is 0.0705. The van der Waals surface area contributed by atoms with E-state index in [1.54, 1.807) is 24.5 Å². The summed E-state index contributed by atoms with van der Waals surface area (Å²) in [6.45, 7) is 1.31. The summed E-state index contributed by atoms with van der Waals surface area (Å²) in [5.74, 6) is 0.634. The molecule has 1 saturated heterocycles. The van der Waals surface area contributed by atoms with Gasteiger partial charge in [0.1, 0.15) is 5.15 Å². The Balaban J connectivity index is 1.49. The zero-order valence-electron chi connectivity index (χ0n) is 15.3. The minimum Gasteiger partial charge on any atom is -0.338 e. The Morgan fingerprint density at radius 1 is 1.07 bits per heavy atom. The van der Waals surface area contributed by atoms with E-state index in [4.69, 9.17) is 11.6 Å². The third-order valence-corrected chi connectivity index (χ3v) is 5.12. The van der Waals surface area contributed by atoms with Crippen LogP contribution in [-0.4, -0.2) is 38.8 Å². The number of anilines is 2. The summed E-state index contributed by atoms with van der Waals surface area (Å²) in [5.41, 5.74) is 2.31. The highest BCUT2D eigenvalue weighted by atomic mass is 35.5. The maximum atomic E-state index is 12.9. The van der Waals surface area contributed by atoms with Crippen LogP contribution in [0.5, 0.6) is 0 Å². The van der Waals surface area contributed by atoms with Crippen LogP contribution in [0.3, 0.4) is 0 Å². The van der Waals surface area contributed by atoms with Gasteiger partial charge in [-0.1, -0.05) is 29.8 Å². The van der Waals surface area contributed by atoms with Crippen LogP contribution in [0.25, 0.3) is 0 Å². The van der Waals surface area contributed by atoms with E-state index in [0.29, 0.717) is 24.6 Å². The van der Waals surface area contributed by atoms with E-state index in [1.807, 2.05) is 41.3 Å². The molecule has 3 aromatic rings. The molecule has 0 unspecified atom stereocenters. The van der Waals surface area contributed by atoms with Crippen LogP contribution in [0.15, 0.2) is 60.9 Å². The second-order valence-electron chi connectivity index (χ2n) is 6.73. The number of halogens is 1. The Bertz CT molecular complexity index is 966. The molecule has 1 aliphatic rings. The predicted octanol–water partition coefficient (Wildman–Crippen LogP) is 4.29. The molecule has 0 spiro atoms. The van der Waals surface area contributed by atoms with E-state index in [-0.39, 0.29) is 17.0 Å². The Morgan fingerprint density at radius 2 is 1.93 bits per heavy atom. The summed E-state index contributed by atoms with van der Waals surface area (Å²) in [6, 6.07) is 15.2. The molecule has 28 heavy (non-hydrogen) atoms. The number of aromatic nitrogens is 3. The molecule has 7 heteroatoms. The van der Waals surface area contributed by atoms with E-state index in [9.17, 15) is 4.79 Å². The highest BCUT2D eigenvalue weighted by molar-refractivity contribution is 6.32. The number of pyridine rings is 1. The predicted molar refractivity (Wildman–Crippen MR) is 109 cm³/mol. The number of para-hydroxylation sites is 1. The minimum absolute atomic E-state index is 0.0838. The Labute approximate surface area is 168 Å². The molecule has 1 N–H and O–H groups in total. The lowest BCUT2D eigenvalue weighted by Crippen LogP contribution is -2.39. The number of carbonyl (C=O) groups excluding carboxylic acids is 1. The zero-order valence-corrected chi connectivity index (χ0v) is 16.0. The topological polar surface area (TPSA) is 71.0 Å². The monoisotopic (exact) mass is 393 g/mol. The number of benzene rings is 1.